The van der Waals surface area contributed by atoms with Crippen molar-refractivity contribution in [1.82, 2.24) is 4.90 Å². The van der Waals surface area contributed by atoms with Crippen LogP contribution in [0.2, 0.25) is 0 Å². The van der Waals surface area contributed by atoms with Crippen molar-refractivity contribution in [3.8, 4) is 0 Å². The Labute approximate surface area is 134 Å². The summed E-state index contributed by atoms with van der Waals surface area (Å²) in [6.45, 7) is 11.6. The maximum absolute atomic E-state index is 12.5. The second kappa shape index (κ2) is 5.20. The molecule has 2 N–H and O–H groups in total. The average Bonchev–Trinajstić information content (AvgIpc) is 3.11. The lowest BCUT2D eigenvalue weighted by molar-refractivity contribution is -0.154. The first-order chi connectivity index (χ1) is 10.3. The number of nitrogens with zero attached hydrogens (tertiary/aromatic N) is 1. The molecule has 1 heterocycles. The summed E-state index contributed by atoms with van der Waals surface area (Å²) in [4.78, 5) is 15.1. The van der Waals surface area contributed by atoms with E-state index < -0.39 is 6.04 Å². The van der Waals surface area contributed by atoms with Crippen molar-refractivity contribution < 1.29 is 9.53 Å². The number of esters is 1. The Balaban J connectivity index is 2.04. The van der Waals surface area contributed by atoms with Gasteiger partial charge in [0.1, 0.15) is 6.04 Å². The van der Waals surface area contributed by atoms with Crippen molar-refractivity contribution in [1.29, 1.82) is 0 Å². The first-order valence-corrected chi connectivity index (χ1v) is 8.98. The Morgan fingerprint density at radius 3 is 2.41 bits per heavy atom. The van der Waals surface area contributed by atoms with Crippen LogP contribution in [0.25, 0.3) is 0 Å². The van der Waals surface area contributed by atoms with Gasteiger partial charge in [-0.1, -0.05) is 20.8 Å². The minimum Gasteiger partial charge on any atom is -0.465 e. The van der Waals surface area contributed by atoms with Crippen LogP contribution in [0.15, 0.2) is 0 Å². The first-order valence-electron chi connectivity index (χ1n) is 8.98. The van der Waals surface area contributed by atoms with E-state index in [9.17, 15) is 4.79 Å². The van der Waals surface area contributed by atoms with Crippen LogP contribution in [0.3, 0.4) is 0 Å². The normalized spacial score (nSPS) is 41.8. The molecule has 4 nitrogen and oxygen atoms in total. The van der Waals surface area contributed by atoms with E-state index in [-0.39, 0.29) is 22.3 Å². The van der Waals surface area contributed by atoms with Crippen LogP contribution in [0.4, 0.5) is 0 Å². The van der Waals surface area contributed by atoms with Gasteiger partial charge in [0.2, 0.25) is 0 Å². The molecule has 0 amide bonds. The fraction of sp³-hybridized carbons (Fsp3) is 0.944. The monoisotopic (exact) mass is 308 g/mol. The maximum Gasteiger partial charge on any atom is 0.324 e. The van der Waals surface area contributed by atoms with Gasteiger partial charge in [-0.05, 0) is 68.9 Å². The second-order valence-corrected chi connectivity index (χ2v) is 8.34. The quantitative estimate of drug-likeness (QED) is 0.811. The Morgan fingerprint density at radius 1 is 1.32 bits per heavy atom. The highest BCUT2D eigenvalue weighted by Gasteiger charge is 2.73. The molecule has 3 rings (SSSR count). The minimum atomic E-state index is -0.528. The summed E-state index contributed by atoms with van der Waals surface area (Å²) < 4.78 is 5.33. The van der Waals surface area contributed by atoms with Crippen molar-refractivity contribution in [3.63, 3.8) is 0 Å². The number of nitrogens with two attached hydrogens (primary N) is 1. The summed E-state index contributed by atoms with van der Waals surface area (Å²) in [5.74, 6) is 0.456. The molecule has 0 aromatic carbocycles. The number of ether oxygens (including phenoxy) is 1. The fourth-order valence-corrected chi connectivity index (χ4v) is 6.02. The van der Waals surface area contributed by atoms with Gasteiger partial charge in [-0.25, -0.2) is 0 Å². The van der Waals surface area contributed by atoms with Crippen molar-refractivity contribution in [2.24, 2.45) is 22.5 Å². The van der Waals surface area contributed by atoms with E-state index in [1.165, 1.54) is 25.7 Å². The van der Waals surface area contributed by atoms with Crippen LogP contribution in [-0.2, 0) is 9.53 Å². The second-order valence-electron chi connectivity index (χ2n) is 8.34. The number of carbonyl (C=O) groups excluding carboxylic acids is 1. The molecule has 0 radical (unpaired) electrons. The smallest absolute Gasteiger partial charge is 0.324 e. The largest absolute Gasteiger partial charge is 0.465 e. The van der Waals surface area contributed by atoms with Gasteiger partial charge < -0.3 is 10.5 Å². The van der Waals surface area contributed by atoms with E-state index >= 15 is 0 Å². The third-order valence-corrected chi connectivity index (χ3v) is 7.67. The van der Waals surface area contributed by atoms with Crippen molar-refractivity contribution in [2.45, 2.75) is 71.4 Å². The Morgan fingerprint density at radius 2 is 1.95 bits per heavy atom. The van der Waals surface area contributed by atoms with Gasteiger partial charge in [0.05, 0.1) is 12.1 Å². The number of rotatable bonds is 4. The van der Waals surface area contributed by atoms with E-state index in [0.29, 0.717) is 12.5 Å². The molecular weight excluding hydrogens is 276 g/mol. The average molecular weight is 308 g/mol. The zero-order valence-corrected chi connectivity index (χ0v) is 14.7. The van der Waals surface area contributed by atoms with Crippen LogP contribution >= 0.6 is 0 Å². The molecule has 0 aromatic heterocycles. The molecule has 4 atom stereocenters. The van der Waals surface area contributed by atoms with Gasteiger partial charge in [-0.3, -0.25) is 9.69 Å². The third-order valence-electron chi connectivity index (χ3n) is 7.67. The lowest BCUT2D eigenvalue weighted by Gasteiger charge is -2.55. The summed E-state index contributed by atoms with van der Waals surface area (Å²) in [7, 11) is 0. The molecule has 2 bridgehead atoms. The maximum atomic E-state index is 12.5. The molecule has 4 heteroatoms. The van der Waals surface area contributed by atoms with Crippen LogP contribution in [0.5, 0.6) is 0 Å². The molecular formula is C18H32N2O2. The molecule has 126 valence electrons. The Hall–Kier alpha value is -0.610. The predicted octanol–water partition coefficient (Wildman–Crippen LogP) is 2.56. The molecule has 22 heavy (non-hydrogen) atoms. The molecule has 1 aliphatic heterocycles. The van der Waals surface area contributed by atoms with Gasteiger partial charge in [0.15, 0.2) is 0 Å². The number of likely N-dealkylation sites (tertiary alicyclic amines) is 1. The molecule has 0 spiro atoms. The van der Waals surface area contributed by atoms with Gasteiger partial charge in [-0.2, -0.15) is 0 Å². The lowest BCUT2D eigenvalue weighted by atomic mass is 9.59. The minimum absolute atomic E-state index is 0.0845. The summed E-state index contributed by atoms with van der Waals surface area (Å²) in [5, 5.41) is 0. The van der Waals surface area contributed by atoms with Gasteiger partial charge in [-0.15, -0.1) is 0 Å². The summed E-state index contributed by atoms with van der Waals surface area (Å²) in [6, 6.07) is -0.528. The van der Waals surface area contributed by atoms with Gasteiger partial charge >= 0.3 is 5.97 Å². The molecule has 2 saturated carbocycles. The molecule has 3 fully saturated rings. The van der Waals surface area contributed by atoms with Crippen molar-refractivity contribution in [2.75, 3.05) is 19.7 Å². The molecule has 2 aliphatic carbocycles. The van der Waals surface area contributed by atoms with E-state index in [1.54, 1.807) is 0 Å². The SMILES string of the molecule is CCOC(=O)[C@@H](N)[C@]1(N2CCCC2)C[C@@H]2CC[C@]1(C)C2(C)C. The highest BCUT2D eigenvalue weighted by molar-refractivity contribution is 5.78. The van der Waals surface area contributed by atoms with Crippen LogP contribution in [-0.4, -0.2) is 42.1 Å². The van der Waals surface area contributed by atoms with Crippen molar-refractivity contribution >= 4 is 5.97 Å². The summed E-state index contributed by atoms with van der Waals surface area (Å²) in [5.41, 5.74) is 6.70. The van der Waals surface area contributed by atoms with E-state index in [0.717, 1.165) is 19.5 Å². The Kier molecular flexibility index (Phi) is 3.84. The van der Waals surface area contributed by atoms with Crippen molar-refractivity contribution in [3.05, 3.63) is 0 Å². The highest BCUT2D eigenvalue weighted by Crippen LogP contribution is 2.72. The number of hydrogen-bond acceptors (Lipinski definition) is 4. The number of hydrogen-bond donors (Lipinski definition) is 1. The Bertz CT molecular complexity index is 458. The zero-order chi connectivity index (χ0) is 16.2. The predicted molar refractivity (Wildman–Crippen MR) is 87.4 cm³/mol. The lowest BCUT2D eigenvalue weighted by Crippen LogP contribution is -2.69. The van der Waals surface area contributed by atoms with Gasteiger partial charge in [0, 0.05) is 0 Å². The van der Waals surface area contributed by atoms with Crippen LogP contribution in [0.1, 0.15) is 59.8 Å². The number of fused-ring (bicyclic) bond motifs is 2. The van der Waals surface area contributed by atoms with E-state index in [4.69, 9.17) is 10.5 Å². The standard InChI is InChI=1S/C18H32N2O2/c1-5-22-15(21)14(19)18(20-10-6-7-11-20)12-13-8-9-17(18,4)16(13,2)3/h13-14H,5-12,19H2,1-4H3/t13-,14+,17+,18+/m0/s1. The van der Waals surface area contributed by atoms with Crippen LogP contribution < -0.4 is 5.73 Å². The molecule has 3 aliphatic rings. The summed E-state index contributed by atoms with van der Waals surface area (Å²) >= 11 is 0. The molecule has 0 aromatic rings. The van der Waals surface area contributed by atoms with E-state index in [1.807, 2.05) is 6.92 Å². The topological polar surface area (TPSA) is 55.6 Å². The summed E-state index contributed by atoms with van der Waals surface area (Å²) in [6.07, 6.45) is 5.94. The first kappa shape index (κ1) is 16.3. The highest BCUT2D eigenvalue weighted by atomic mass is 16.5. The zero-order valence-electron chi connectivity index (χ0n) is 14.7. The number of carbonyl (C=O) groups is 1. The van der Waals surface area contributed by atoms with Gasteiger partial charge in [0.25, 0.3) is 0 Å². The third kappa shape index (κ3) is 1.80. The fourth-order valence-electron chi connectivity index (χ4n) is 6.02. The van der Waals surface area contributed by atoms with Crippen LogP contribution in [0, 0.1) is 16.7 Å². The molecule has 1 saturated heterocycles. The molecule has 0 unspecified atom stereocenters. The van der Waals surface area contributed by atoms with E-state index in [2.05, 4.69) is 25.7 Å².